The third-order valence-electron chi connectivity index (χ3n) is 3.90. The van der Waals surface area contributed by atoms with E-state index >= 15 is 0 Å². The van der Waals surface area contributed by atoms with Crippen molar-refractivity contribution in [1.29, 1.82) is 0 Å². The lowest BCUT2D eigenvalue weighted by atomic mass is 9.90. The van der Waals surface area contributed by atoms with Crippen LogP contribution in [0.25, 0.3) is 0 Å². The fourth-order valence-electron chi connectivity index (χ4n) is 2.63. The summed E-state index contributed by atoms with van der Waals surface area (Å²) in [6.45, 7) is 7.80. The topological polar surface area (TPSA) is 85.0 Å². The molecule has 0 unspecified atom stereocenters. The number of hydrogen-bond donors (Lipinski definition) is 2. The van der Waals surface area contributed by atoms with Crippen LogP contribution in [0.1, 0.15) is 45.2 Å². The lowest BCUT2D eigenvalue weighted by Crippen LogP contribution is -2.45. The summed E-state index contributed by atoms with van der Waals surface area (Å²) in [6.07, 6.45) is 1.87. The number of rotatable bonds is 4. The highest BCUT2D eigenvalue weighted by Crippen LogP contribution is 2.35. The Morgan fingerprint density at radius 3 is 2.55 bits per heavy atom. The molecule has 1 saturated heterocycles. The normalized spacial score (nSPS) is 18.2. The van der Waals surface area contributed by atoms with E-state index < -0.39 is 0 Å². The largest absolute Gasteiger partial charge is 0.359 e. The van der Waals surface area contributed by atoms with Crippen LogP contribution in [0.5, 0.6) is 0 Å². The van der Waals surface area contributed by atoms with E-state index in [0.717, 1.165) is 25.9 Å². The van der Waals surface area contributed by atoms with Crippen LogP contribution in [0.15, 0.2) is 0 Å². The van der Waals surface area contributed by atoms with Crippen LogP contribution in [-0.4, -0.2) is 33.3 Å². The molecule has 112 valence electrons. The molecule has 1 aromatic rings. The highest BCUT2D eigenvalue weighted by atomic mass is 16.6. The van der Waals surface area contributed by atoms with Gasteiger partial charge in [-0.05, 0) is 32.9 Å². The van der Waals surface area contributed by atoms with Crippen LogP contribution in [0, 0.1) is 10.1 Å². The second-order valence-electron chi connectivity index (χ2n) is 6.05. The zero-order valence-corrected chi connectivity index (χ0v) is 12.6. The van der Waals surface area contributed by atoms with Crippen LogP contribution in [0.2, 0.25) is 0 Å². The van der Waals surface area contributed by atoms with Crippen LogP contribution in [0.4, 0.5) is 11.5 Å². The first-order valence-electron chi connectivity index (χ1n) is 7.04. The van der Waals surface area contributed by atoms with Crippen molar-refractivity contribution in [3.8, 4) is 0 Å². The van der Waals surface area contributed by atoms with Crippen molar-refractivity contribution in [2.45, 2.75) is 45.1 Å². The van der Waals surface area contributed by atoms with E-state index in [9.17, 15) is 10.1 Å². The average Bonchev–Trinajstić information content (AvgIpc) is 2.67. The summed E-state index contributed by atoms with van der Waals surface area (Å²) in [5.41, 5.74) is 0.526. The number of piperidine rings is 1. The first kappa shape index (κ1) is 14.8. The number of anilines is 1. The summed E-state index contributed by atoms with van der Waals surface area (Å²) < 4.78 is 1.60. The van der Waals surface area contributed by atoms with Crippen LogP contribution < -0.4 is 10.6 Å². The first-order valence-corrected chi connectivity index (χ1v) is 7.04. The second-order valence-corrected chi connectivity index (χ2v) is 6.05. The van der Waals surface area contributed by atoms with E-state index in [-0.39, 0.29) is 22.1 Å². The predicted octanol–water partition coefficient (Wildman–Crippen LogP) is 2.01. The molecular formula is C13H23N5O2. The molecule has 1 fully saturated rings. The summed E-state index contributed by atoms with van der Waals surface area (Å²) in [6, 6.07) is 0. The van der Waals surface area contributed by atoms with Crippen molar-refractivity contribution in [1.82, 2.24) is 15.1 Å². The second kappa shape index (κ2) is 5.40. The predicted molar refractivity (Wildman–Crippen MR) is 78.1 cm³/mol. The smallest absolute Gasteiger partial charge is 0.334 e. The Morgan fingerprint density at radius 2 is 2.05 bits per heavy atom. The Balaban J connectivity index is 2.38. The molecule has 0 saturated carbocycles. The van der Waals surface area contributed by atoms with Crippen LogP contribution in [-0.2, 0) is 7.05 Å². The maximum absolute atomic E-state index is 11.4. The SMILES string of the molecule is CC(C)c1nn(C)c(NC2(C)CCNCC2)c1[N+](=O)[O-]. The van der Waals surface area contributed by atoms with Crippen molar-refractivity contribution < 1.29 is 4.92 Å². The lowest BCUT2D eigenvalue weighted by Gasteiger charge is -2.35. The summed E-state index contributed by atoms with van der Waals surface area (Å²) in [5, 5.41) is 22.4. The minimum atomic E-state index is -0.324. The standard InChI is InChI=1S/C13H23N5O2/c1-9(2)10-11(18(19)20)12(17(4)16-10)15-13(3)5-7-14-8-6-13/h9,14-15H,5-8H2,1-4H3. The molecule has 0 aliphatic carbocycles. The molecule has 0 spiro atoms. The van der Waals surface area contributed by atoms with E-state index in [1.165, 1.54) is 0 Å². The minimum absolute atomic E-state index is 0.0259. The average molecular weight is 281 g/mol. The fraction of sp³-hybridized carbons (Fsp3) is 0.769. The molecule has 2 heterocycles. The van der Waals surface area contributed by atoms with Gasteiger partial charge in [-0.3, -0.25) is 10.1 Å². The molecular weight excluding hydrogens is 258 g/mol. The number of aromatic nitrogens is 2. The third-order valence-corrected chi connectivity index (χ3v) is 3.90. The van der Waals surface area contributed by atoms with Crippen molar-refractivity contribution in [3.63, 3.8) is 0 Å². The van der Waals surface area contributed by atoms with Gasteiger partial charge in [0.1, 0.15) is 5.69 Å². The lowest BCUT2D eigenvalue weighted by molar-refractivity contribution is -0.384. The monoisotopic (exact) mass is 281 g/mol. The first-order chi connectivity index (χ1) is 9.34. The molecule has 7 nitrogen and oxygen atoms in total. The molecule has 1 aliphatic rings. The molecule has 2 N–H and O–H groups in total. The third kappa shape index (κ3) is 2.77. The van der Waals surface area contributed by atoms with E-state index in [4.69, 9.17) is 0 Å². The van der Waals surface area contributed by atoms with E-state index in [0.29, 0.717) is 11.5 Å². The quantitative estimate of drug-likeness (QED) is 0.651. The summed E-state index contributed by atoms with van der Waals surface area (Å²) >= 11 is 0. The number of nitrogens with zero attached hydrogens (tertiary/aromatic N) is 3. The molecule has 0 radical (unpaired) electrons. The Bertz CT molecular complexity index is 503. The summed E-state index contributed by atoms with van der Waals surface area (Å²) in [7, 11) is 1.76. The zero-order chi connectivity index (χ0) is 14.9. The van der Waals surface area contributed by atoms with Crippen molar-refractivity contribution in [2.75, 3.05) is 18.4 Å². The molecule has 1 aliphatic heterocycles. The zero-order valence-electron chi connectivity index (χ0n) is 12.6. The minimum Gasteiger partial charge on any atom is -0.359 e. The fourth-order valence-corrected chi connectivity index (χ4v) is 2.63. The Labute approximate surface area is 118 Å². The Hall–Kier alpha value is -1.63. The number of hydrogen-bond acceptors (Lipinski definition) is 5. The number of nitrogens with one attached hydrogen (secondary N) is 2. The maximum atomic E-state index is 11.4. The van der Waals surface area contributed by atoms with Gasteiger partial charge >= 0.3 is 5.69 Å². The Kier molecular flexibility index (Phi) is 3.99. The molecule has 2 rings (SSSR count). The van der Waals surface area contributed by atoms with Crippen LogP contribution in [0.3, 0.4) is 0 Å². The molecule has 7 heteroatoms. The van der Waals surface area contributed by atoms with Crippen molar-refractivity contribution in [3.05, 3.63) is 15.8 Å². The maximum Gasteiger partial charge on any atom is 0.334 e. The van der Waals surface area contributed by atoms with Gasteiger partial charge in [0.05, 0.1) is 4.92 Å². The Morgan fingerprint density at radius 1 is 1.45 bits per heavy atom. The summed E-state index contributed by atoms with van der Waals surface area (Å²) in [4.78, 5) is 11.1. The number of aryl methyl sites for hydroxylation is 1. The highest BCUT2D eigenvalue weighted by Gasteiger charge is 2.34. The van der Waals surface area contributed by atoms with Crippen molar-refractivity contribution in [2.24, 2.45) is 7.05 Å². The molecule has 0 amide bonds. The molecule has 0 bridgehead atoms. The number of nitro groups is 1. The van der Waals surface area contributed by atoms with Gasteiger partial charge < -0.3 is 10.6 Å². The van der Waals surface area contributed by atoms with Crippen molar-refractivity contribution >= 4 is 11.5 Å². The van der Waals surface area contributed by atoms with E-state index in [1.807, 2.05) is 13.8 Å². The molecule has 0 atom stereocenters. The summed E-state index contributed by atoms with van der Waals surface area (Å²) in [5.74, 6) is 0.543. The van der Waals surface area contributed by atoms with Gasteiger partial charge in [-0.15, -0.1) is 0 Å². The van der Waals surface area contributed by atoms with Gasteiger partial charge in [0.15, 0.2) is 0 Å². The van der Waals surface area contributed by atoms with Gasteiger partial charge in [-0.2, -0.15) is 5.10 Å². The van der Waals surface area contributed by atoms with Gasteiger partial charge in [0.25, 0.3) is 0 Å². The molecule has 0 aromatic carbocycles. The molecule has 20 heavy (non-hydrogen) atoms. The van der Waals surface area contributed by atoms with E-state index in [2.05, 4.69) is 22.7 Å². The molecule has 1 aromatic heterocycles. The van der Waals surface area contributed by atoms with Gasteiger partial charge in [0, 0.05) is 18.5 Å². The van der Waals surface area contributed by atoms with Crippen LogP contribution >= 0.6 is 0 Å². The van der Waals surface area contributed by atoms with Gasteiger partial charge in [0.2, 0.25) is 5.82 Å². The highest BCUT2D eigenvalue weighted by molar-refractivity contribution is 5.61. The van der Waals surface area contributed by atoms with Gasteiger partial charge in [-0.1, -0.05) is 13.8 Å². The van der Waals surface area contributed by atoms with E-state index in [1.54, 1.807) is 11.7 Å². The van der Waals surface area contributed by atoms with Gasteiger partial charge in [-0.25, -0.2) is 4.68 Å².